The van der Waals surface area contributed by atoms with Gasteiger partial charge in [-0.1, -0.05) is 6.92 Å². The van der Waals surface area contributed by atoms with Gasteiger partial charge in [-0.3, -0.25) is 15.3 Å². The van der Waals surface area contributed by atoms with E-state index in [9.17, 15) is 20.1 Å². The summed E-state index contributed by atoms with van der Waals surface area (Å²) >= 11 is 9.16. The number of anilines is 1. The van der Waals surface area contributed by atoms with Crippen LogP contribution < -0.4 is 10.4 Å². The van der Waals surface area contributed by atoms with Crippen LogP contribution in [0.15, 0.2) is 18.2 Å². The lowest BCUT2D eigenvalue weighted by molar-refractivity contribution is -0.385. The minimum Gasteiger partial charge on any atom is -0.303 e. The molecule has 1 aromatic carbocycles. The van der Waals surface area contributed by atoms with Gasteiger partial charge in [0.25, 0.3) is 5.69 Å². The quantitative estimate of drug-likeness (QED) is 0.228. The molecule has 2 amide bonds. The van der Waals surface area contributed by atoms with E-state index < -0.39 is 13.2 Å². The van der Waals surface area contributed by atoms with Crippen molar-refractivity contribution in [3.8, 4) is 0 Å². The Morgan fingerprint density at radius 3 is 2.55 bits per heavy atom. The van der Waals surface area contributed by atoms with Crippen molar-refractivity contribution in [1.82, 2.24) is 5.32 Å². The normalized spacial score (nSPS) is 11.1. The van der Waals surface area contributed by atoms with Crippen LogP contribution in [-0.2, 0) is 6.42 Å². The summed E-state index contributed by atoms with van der Waals surface area (Å²) in [5.41, 5.74) is 0.490. The Hall–Kier alpha value is -0.710. The summed E-state index contributed by atoms with van der Waals surface area (Å²) in [6, 6.07) is 3.09. The van der Waals surface area contributed by atoms with Crippen molar-refractivity contribution < 1.29 is 14.9 Å². The average Bonchev–Trinajstić information content (AvgIpc) is 2.34. The van der Waals surface area contributed by atoms with Crippen LogP contribution in [0.3, 0.4) is 0 Å². The summed E-state index contributed by atoms with van der Waals surface area (Å²) in [6.45, 7) is 1.74. The molecule has 0 aliphatic carbocycles. The number of urea groups is 1. The van der Waals surface area contributed by atoms with E-state index in [1.54, 1.807) is 6.92 Å². The minimum atomic E-state index is -1.06. The topological polar surface area (TPSA) is 95.7 Å². The lowest BCUT2D eigenvalue weighted by atomic mass is 10.1. The second kappa shape index (κ2) is 6.83. The van der Waals surface area contributed by atoms with Crippen LogP contribution in [-0.4, -0.2) is 18.4 Å². The number of carbonyl (C=O) groups excluding carboxylic acids is 1. The SMILES string of the molecule is CCc1cc(N(O)C(=O)NC(Br)(Br)Br)ccc1[N+](=O)[O-]. The van der Waals surface area contributed by atoms with Gasteiger partial charge in [0, 0.05) is 11.6 Å². The maximum absolute atomic E-state index is 11.7. The third-order valence-electron chi connectivity index (χ3n) is 2.33. The molecule has 0 saturated heterocycles. The number of carbonyl (C=O) groups is 1. The molecule has 10 heteroatoms. The van der Waals surface area contributed by atoms with Crippen molar-refractivity contribution in [2.45, 2.75) is 15.6 Å². The zero-order chi connectivity index (χ0) is 15.5. The highest BCUT2D eigenvalue weighted by atomic mass is 80.0. The van der Waals surface area contributed by atoms with E-state index in [1.807, 2.05) is 0 Å². The maximum Gasteiger partial charge on any atom is 0.348 e. The highest BCUT2D eigenvalue weighted by Crippen LogP contribution is 2.30. The first kappa shape index (κ1) is 17.3. The molecule has 7 nitrogen and oxygen atoms in total. The number of aryl methyl sites for hydroxylation is 1. The van der Waals surface area contributed by atoms with Crippen LogP contribution in [0.1, 0.15) is 12.5 Å². The molecule has 20 heavy (non-hydrogen) atoms. The highest BCUT2D eigenvalue weighted by molar-refractivity contribution is 9.39. The molecule has 0 fully saturated rings. The molecular weight excluding hydrogens is 466 g/mol. The fraction of sp³-hybridized carbons (Fsp3) is 0.300. The number of nitro benzene ring substituents is 1. The van der Waals surface area contributed by atoms with Crippen LogP contribution in [0.4, 0.5) is 16.2 Å². The first-order chi connectivity index (χ1) is 9.15. The molecule has 0 radical (unpaired) electrons. The zero-order valence-electron chi connectivity index (χ0n) is 10.1. The van der Waals surface area contributed by atoms with Crippen molar-refractivity contribution >= 4 is 65.2 Å². The van der Waals surface area contributed by atoms with Gasteiger partial charge in [-0.25, -0.2) is 4.79 Å². The number of nitro groups is 1. The molecule has 2 N–H and O–H groups in total. The van der Waals surface area contributed by atoms with E-state index in [2.05, 4.69) is 53.1 Å². The predicted molar refractivity (Wildman–Crippen MR) is 84.8 cm³/mol. The molecule has 1 aromatic rings. The second-order valence-electron chi connectivity index (χ2n) is 3.66. The fourth-order valence-corrected chi connectivity index (χ4v) is 1.97. The third-order valence-corrected chi connectivity index (χ3v) is 2.92. The van der Waals surface area contributed by atoms with Crippen molar-refractivity contribution in [2.75, 3.05) is 5.06 Å². The summed E-state index contributed by atoms with van der Waals surface area (Å²) in [5, 5.41) is 23.3. The predicted octanol–water partition coefficient (Wildman–Crippen LogP) is 3.86. The number of nitrogens with one attached hydrogen (secondary N) is 1. The Kier molecular flexibility index (Phi) is 5.92. The van der Waals surface area contributed by atoms with Gasteiger partial charge in [0.05, 0.1) is 10.6 Å². The van der Waals surface area contributed by atoms with Crippen molar-refractivity contribution in [1.29, 1.82) is 0 Å². The van der Waals surface area contributed by atoms with Crippen LogP contribution >= 0.6 is 47.8 Å². The molecule has 0 atom stereocenters. The summed E-state index contributed by atoms with van der Waals surface area (Å²) in [7, 11) is 0. The minimum absolute atomic E-state index is 0.0547. The Labute approximate surface area is 139 Å². The van der Waals surface area contributed by atoms with Gasteiger partial charge in [-0.2, -0.15) is 5.06 Å². The molecule has 1 rings (SSSR count). The summed E-state index contributed by atoms with van der Waals surface area (Å²) in [5.74, 6) is 0. The van der Waals surface area contributed by atoms with E-state index in [0.29, 0.717) is 17.0 Å². The number of rotatable bonds is 3. The third kappa shape index (κ3) is 4.69. The molecule has 0 unspecified atom stereocenters. The number of hydrogen-bond acceptors (Lipinski definition) is 4. The van der Waals surface area contributed by atoms with Gasteiger partial charge < -0.3 is 5.32 Å². The molecular formula is C10H10Br3N3O4. The molecule has 0 heterocycles. The Morgan fingerprint density at radius 1 is 1.50 bits per heavy atom. The number of amides is 2. The lowest BCUT2D eigenvalue weighted by Crippen LogP contribution is -2.43. The van der Waals surface area contributed by atoms with Gasteiger partial charge in [-0.05, 0) is 66.3 Å². The molecule has 110 valence electrons. The Balaban J connectivity index is 3.02. The van der Waals surface area contributed by atoms with Gasteiger partial charge in [0.15, 0.2) is 0 Å². The fourth-order valence-electron chi connectivity index (χ4n) is 1.46. The smallest absolute Gasteiger partial charge is 0.303 e. The summed E-state index contributed by atoms with van der Waals surface area (Å²) in [4.78, 5) is 22.0. The first-order valence-electron chi connectivity index (χ1n) is 5.31. The summed E-state index contributed by atoms with van der Waals surface area (Å²) in [6.07, 6.45) is 0.402. The molecule has 0 aliphatic heterocycles. The number of halogens is 3. The number of benzene rings is 1. The highest BCUT2D eigenvalue weighted by Gasteiger charge is 2.25. The van der Waals surface area contributed by atoms with E-state index in [1.165, 1.54) is 18.2 Å². The van der Waals surface area contributed by atoms with Crippen LogP contribution in [0.2, 0.25) is 0 Å². The van der Waals surface area contributed by atoms with Gasteiger partial charge >= 0.3 is 6.03 Å². The number of hydrogen-bond donors (Lipinski definition) is 2. The largest absolute Gasteiger partial charge is 0.348 e. The van der Waals surface area contributed by atoms with Crippen LogP contribution in [0.25, 0.3) is 0 Å². The molecule has 0 aliphatic rings. The van der Waals surface area contributed by atoms with E-state index in [0.717, 1.165) is 0 Å². The Morgan fingerprint density at radius 2 is 2.10 bits per heavy atom. The summed E-state index contributed by atoms with van der Waals surface area (Å²) < 4.78 is -1.06. The molecule has 0 spiro atoms. The lowest BCUT2D eigenvalue weighted by Gasteiger charge is -2.20. The number of hydroxylamine groups is 1. The van der Waals surface area contributed by atoms with Crippen molar-refractivity contribution in [3.63, 3.8) is 0 Å². The van der Waals surface area contributed by atoms with Crippen LogP contribution in [0, 0.1) is 10.1 Å². The van der Waals surface area contributed by atoms with Gasteiger partial charge in [0.2, 0.25) is 2.27 Å². The first-order valence-corrected chi connectivity index (χ1v) is 7.68. The number of alkyl halides is 3. The Bertz CT molecular complexity index is 533. The average molecular weight is 476 g/mol. The van der Waals surface area contributed by atoms with Gasteiger partial charge in [-0.15, -0.1) is 0 Å². The van der Waals surface area contributed by atoms with Crippen molar-refractivity contribution in [2.24, 2.45) is 0 Å². The van der Waals surface area contributed by atoms with Crippen LogP contribution in [0.5, 0.6) is 0 Å². The van der Waals surface area contributed by atoms with Crippen molar-refractivity contribution in [3.05, 3.63) is 33.9 Å². The second-order valence-corrected chi connectivity index (χ2v) is 10.4. The molecule has 0 bridgehead atoms. The maximum atomic E-state index is 11.7. The monoisotopic (exact) mass is 473 g/mol. The standard InChI is InChI=1S/C10H10Br3N3O4/c1-2-6-5-7(3-4-8(6)16(19)20)15(18)9(17)14-10(11,12)13/h3-5,18H,2H2,1H3,(H,14,17). The zero-order valence-corrected chi connectivity index (χ0v) is 14.9. The molecule has 0 saturated carbocycles. The van der Waals surface area contributed by atoms with Gasteiger partial charge in [0.1, 0.15) is 0 Å². The number of nitrogens with zero attached hydrogens (tertiary/aromatic N) is 2. The van der Waals surface area contributed by atoms with E-state index in [4.69, 9.17) is 0 Å². The molecule has 0 aromatic heterocycles. The van der Waals surface area contributed by atoms with E-state index in [-0.39, 0.29) is 11.4 Å². The van der Waals surface area contributed by atoms with E-state index >= 15 is 0 Å².